The molecule has 108 valence electrons. The molecule has 7 heteroatoms. The molecule has 0 aromatic heterocycles. The Balaban J connectivity index is 2.06. The SMILES string of the molecule is CCOC1CC(CC(=O)NCC(=O)NCC(=O)O)C1. The van der Waals surface area contributed by atoms with Gasteiger partial charge in [0.05, 0.1) is 12.6 Å². The number of rotatable bonds is 8. The van der Waals surface area contributed by atoms with Crippen LogP contribution >= 0.6 is 0 Å². The molecule has 0 saturated heterocycles. The number of carbonyl (C=O) groups excluding carboxylic acids is 2. The highest BCUT2D eigenvalue weighted by atomic mass is 16.5. The Bertz CT molecular complexity index is 339. The van der Waals surface area contributed by atoms with Crippen LogP contribution in [0.5, 0.6) is 0 Å². The van der Waals surface area contributed by atoms with Gasteiger partial charge in [0.2, 0.25) is 11.8 Å². The molecule has 1 aliphatic carbocycles. The van der Waals surface area contributed by atoms with Gasteiger partial charge < -0.3 is 20.5 Å². The Morgan fingerprint density at radius 1 is 1.16 bits per heavy atom. The van der Waals surface area contributed by atoms with Gasteiger partial charge in [-0.1, -0.05) is 0 Å². The summed E-state index contributed by atoms with van der Waals surface area (Å²) >= 11 is 0. The summed E-state index contributed by atoms with van der Waals surface area (Å²) in [5.74, 6) is -1.49. The van der Waals surface area contributed by atoms with E-state index in [-0.39, 0.29) is 18.6 Å². The number of aliphatic carboxylic acids is 1. The minimum atomic E-state index is -1.11. The van der Waals surface area contributed by atoms with Crippen molar-refractivity contribution in [3.63, 3.8) is 0 Å². The summed E-state index contributed by atoms with van der Waals surface area (Å²) < 4.78 is 5.39. The minimum absolute atomic E-state index is 0.187. The molecule has 0 aromatic rings. The van der Waals surface area contributed by atoms with E-state index in [0.717, 1.165) is 12.8 Å². The number of ether oxygens (including phenoxy) is 1. The molecule has 0 atom stereocenters. The third kappa shape index (κ3) is 6.19. The van der Waals surface area contributed by atoms with E-state index in [1.165, 1.54) is 0 Å². The average molecular weight is 272 g/mol. The second kappa shape index (κ2) is 7.73. The van der Waals surface area contributed by atoms with Gasteiger partial charge in [0.15, 0.2) is 0 Å². The van der Waals surface area contributed by atoms with Crippen molar-refractivity contribution in [1.82, 2.24) is 10.6 Å². The van der Waals surface area contributed by atoms with Gasteiger partial charge in [-0.2, -0.15) is 0 Å². The third-order valence-corrected chi connectivity index (χ3v) is 2.95. The first-order valence-electron chi connectivity index (χ1n) is 6.38. The lowest BCUT2D eigenvalue weighted by molar-refractivity contribution is -0.137. The summed E-state index contributed by atoms with van der Waals surface area (Å²) in [6, 6.07) is 0. The van der Waals surface area contributed by atoms with E-state index >= 15 is 0 Å². The fraction of sp³-hybridized carbons (Fsp3) is 0.750. The van der Waals surface area contributed by atoms with E-state index in [4.69, 9.17) is 9.84 Å². The molecule has 7 nitrogen and oxygen atoms in total. The van der Waals surface area contributed by atoms with Crippen LogP contribution in [0.25, 0.3) is 0 Å². The molecule has 0 spiro atoms. The van der Waals surface area contributed by atoms with E-state index < -0.39 is 18.4 Å². The number of nitrogens with one attached hydrogen (secondary N) is 2. The molecule has 1 aliphatic rings. The molecular formula is C12H20N2O5. The zero-order chi connectivity index (χ0) is 14.3. The molecule has 1 saturated carbocycles. The normalized spacial score (nSPS) is 21.3. The van der Waals surface area contributed by atoms with Crippen molar-refractivity contribution in [3.05, 3.63) is 0 Å². The van der Waals surface area contributed by atoms with Crippen molar-refractivity contribution in [3.8, 4) is 0 Å². The molecule has 19 heavy (non-hydrogen) atoms. The van der Waals surface area contributed by atoms with Crippen LogP contribution in [0, 0.1) is 5.92 Å². The average Bonchev–Trinajstić information content (AvgIpc) is 2.31. The molecule has 1 fully saturated rings. The van der Waals surface area contributed by atoms with Crippen LogP contribution in [0.3, 0.4) is 0 Å². The number of hydrogen-bond donors (Lipinski definition) is 3. The Kier molecular flexibility index (Phi) is 6.27. The molecule has 1 rings (SSSR count). The quantitative estimate of drug-likeness (QED) is 0.553. The monoisotopic (exact) mass is 272 g/mol. The van der Waals surface area contributed by atoms with E-state index in [9.17, 15) is 14.4 Å². The maximum atomic E-state index is 11.5. The molecule has 0 aliphatic heterocycles. The zero-order valence-electron chi connectivity index (χ0n) is 11.0. The first-order valence-corrected chi connectivity index (χ1v) is 6.38. The topological polar surface area (TPSA) is 105 Å². The maximum Gasteiger partial charge on any atom is 0.322 e. The van der Waals surface area contributed by atoms with Gasteiger partial charge in [-0.3, -0.25) is 14.4 Å². The molecule has 3 N–H and O–H groups in total. The predicted molar refractivity (Wildman–Crippen MR) is 66.4 cm³/mol. The van der Waals surface area contributed by atoms with Crippen molar-refractivity contribution in [1.29, 1.82) is 0 Å². The van der Waals surface area contributed by atoms with E-state index in [0.29, 0.717) is 18.9 Å². The molecule has 0 aromatic carbocycles. The van der Waals surface area contributed by atoms with Crippen molar-refractivity contribution in [2.45, 2.75) is 32.3 Å². The molecule has 0 unspecified atom stereocenters. The summed E-state index contributed by atoms with van der Waals surface area (Å²) in [6.45, 7) is 2.00. The highest BCUT2D eigenvalue weighted by Crippen LogP contribution is 2.32. The molecular weight excluding hydrogens is 252 g/mol. The van der Waals surface area contributed by atoms with E-state index in [2.05, 4.69) is 10.6 Å². The lowest BCUT2D eigenvalue weighted by Gasteiger charge is -2.34. The summed E-state index contributed by atoms with van der Waals surface area (Å²) in [6.07, 6.45) is 2.41. The Hall–Kier alpha value is -1.63. The second-order valence-electron chi connectivity index (χ2n) is 4.57. The number of amides is 2. The van der Waals surface area contributed by atoms with Crippen LogP contribution < -0.4 is 10.6 Å². The van der Waals surface area contributed by atoms with Crippen molar-refractivity contribution in [2.24, 2.45) is 5.92 Å². The van der Waals surface area contributed by atoms with Crippen LogP contribution in [0.2, 0.25) is 0 Å². The van der Waals surface area contributed by atoms with Gasteiger partial charge in [0.25, 0.3) is 0 Å². The maximum absolute atomic E-state index is 11.5. The molecule has 2 amide bonds. The van der Waals surface area contributed by atoms with Gasteiger partial charge in [-0.05, 0) is 25.7 Å². The summed E-state index contributed by atoms with van der Waals surface area (Å²) in [7, 11) is 0. The molecule has 0 bridgehead atoms. The molecule has 0 radical (unpaired) electrons. The van der Waals surface area contributed by atoms with Crippen molar-refractivity contribution in [2.75, 3.05) is 19.7 Å². The standard InChI is InChI=1S/C12H20N2O5/c1-2-19-9-3-8(4-9)5-10(15)13-6-11(16)14-7-12(17)18/h8-9H,2-7H2,1H3,(H,13,15)(H,14,16)(H,17,18). The van der Waals surface area contributed by atoms with E-state index in [1.807, 2.05) is 6.92 Å². The Labute approximate surface area is 111 Å². The lowest BCUT2D eigenvalue weighted by atomic mass is 9.80. The van der Waals surface area contributed by atoms with Crippen LogP contribution in [0.4, 0.5) is 0 Å². The summed E-state index contributed by atoms with van der Waals surface area (Å²) in [5.41, 5.74) is 0. The van der Waals surface area contributed by atoms with Crippen molar-refractivity contribution >= 4 is 17.8 Å². The second-order valence-corrected chi connectivity index (χ2v) is 4.57. The Morgan fingerprint density at radius 3 is 2.37 bits per heavy atom. The van der Waals surface area contributed by atoms with Crippen LogP contribution in [0.1, 0.15) is 26.2 Å². The number of carboxylic acid groups (broad SMARTS) is 1. The number of carbonyl (C=O) groups is 3. The van der Waals surface area contributed by atoms with Gasteiger partial charge in [-0.15, -0.1) is 0 Å². The highest BCUT2D eigenvalue weighted by molar-refractivity contribution is 5.86. The van der Waals surface area contributed by atoms with Crippen molar-refractivity contribution < 1.29 is 24.2 Å². The zero-order valence-corrected chi connectivity index (χ0v) is 11.0. The van der Waals surface area contributed by atoms with Gasteiger partial charge >= 0.3 is 5.97 Å². The third-order valence-electron chi connectivity index (χ3n) is 2.95. The summed E-state index contributed by atoms with van der Waals surface area (Å²) in [4.78, 5) is 32.9. The largest absolute Gasteiger partial charge is 0.480 e. The smallest absolute Gasteiger partial charge is 0.322 e. The number of hydrogen-bond acceptors (Lipinski definition) is 4. The summed E-state index contributed by atoms with van der Waals surface area (Å²) in [5, 5.41) is 13.0. The van der Waals surface area contributed by atoms with Crippen LogP contribution in [0.15, 0.2) is 0 Å². The van der Waals surface area contributed by atoms with E-state index in [1.54, 1.807) is 0 Å². The van der Waals surface area contributed by atoms with Gasteiger partial charge in [0.1, 0.15) is 6.54 Å². The minimum Gasteiger partial charge on any atom is -0.480 e. The lowest BCUT2D eigenvalue weighted by Crippen LogP contribution is -2.41. The predicted octanol–water partition coefficient (Wildman–Crippen LogP) is -0.491. The number of carboxylic acids is 1. The first kappa shape index (κ1) is 15.4. The fourth-order valence-corrected chi connectivity index (χ4v) is 1.96. The highest BCUT2D eigenvalue weighted by Gasteiger charge is 2.30. The van der Waals surface area contributed by atoms with Crippen LogP contribution in [-0.2, 0) is 19.1 Å². The molecule has 0 heterocycles. The fourth-order valence-electron chi connectivity index (χ4n) is 1.96. The Morgan fingerprint density at radius 2 is 1.79 bits per heavy atom. The van der Waals surface area contributed by atoms with Gasteiger partial charge in [0, 0.05) is 13.0 Å². The van der Waals surface area contributed by atoms with Gasteiger partial charge in [-0.25, -0.2) is 0 Å². The van der Waals surface area contributed by atoms with Crippen LogP contribution in [-0.4, -0.2) is 48.7 Å². The first-order chi connectivity index (χ1) is 9.01.